The molecule has 3 aromatic rings. The number of likely N-dealkylation sites (tertiary alicyclic amines) is 1. The van der Waals surface area contributed by atoms with Gasteiger partial charge in [-0.15, -0.1) is 5.10 Å². The molecule has 204 valence electrons. The minimum atomic E-state index is -4.40. The van der Waals surface area contributed by atoms with E-state index >= 15 is 0 Å². The fraction of sp³-hybridized carbons (Fsp3) is 0.385. The number of anilines is 1. The molecule has 0 aliphatic carbocycles. The lowest BCUT2D eigenvalue weighted by Gasteiger charge is -2.21. The zero-order chi connectivity index (χ0) is 27.3. The number of hydrogen-bond acceptors (Lipinski definition) is 5. The van der Waals surface area contributed by atoms with Crippen LogP contribution >= 0.6 is 0 Å². The van der Waals surface area contributed by atoms with Gasteiger partial charge in [0.25, 0.3) is 0 Å². The SMILES string of the molecule is COCCOc1nn(-c2ccccc2)c(NC(=O)NC2CN(CC(F)(F)F)C[C@H]2c2cccc(F)c2)c1C. The maximum absolute atomic E-state index is 13.9. The molecule has 0 spiro atoms. The number of urea groups is 1. The zero-order valence-corrected chi connectivity index (χ0v) is 21.0. The average Bonchev–Trinajstić information content (AvgIpc) is 3.39. The average molecular weight is 536 g/mol. The number of nitrogens with zero attached hydrogens (tertiary/aromatic N) is 3. The number of para-hydroxylation sites is 1. The predicted molar refractivity (Wildman–Crippen MR) is 133 cm³/mol. The van der Waals surface area contributed by atoms with Gasteiger partial charge in [-0.2, -0.15) is 13.2 Å². The summed E-state index contributed by atoms with van der Waals surface area (Å²) < 4.78 is 65.5. The molecule has 1 aliphatic rings. The van der Waals surface area contributed by atoms with Crippen LogP contribution in [0.15, 0.2) is 54.6 Å². The van der Waals surface area contributed by atoms with E-state index in [0.29, 0.717) is 35.1 Å². The number of nitrogens with one attached hydrogen (secondary N) is 2. The number of methoxy groups -OCH3 is 1. The highest BCUT2D eigenvalue weighted by atomic mass is 19.4. The van der Waals surface area contributed by atoms with E-state index in [2.05, 4.69) is 15.7 Å². The van der Waals surface area contributed by atoms with Gasteiger partial charge in [0, 0.05) is 26.1 Å². The number of ether oxygens (including phenoxy) is 2. The van der Waals surface area contributed by atoms with Gasteiger partial charge in [0.2, 0.25) is 5.88 Å². The lowest BCUT2D eigenvalue weighted by Crippen LogP contribution is -2.43. The standard InChI is InChI=1S/C26H29F4N5O3/c1-17-23(35(20-9-4-3-5-10-20)33-24(17)38-12-11-37-2)32-25(36)31-22-15-34(16-26(28,29)30)14-21(22)18-7-6-8-19(27)13-18/h3-10,13,21-22H,11-12,14-16H2,1-2H3,(H2,31,32,36)/t21-,22?/m0/s1. The summed E-state index contributed by atoms with van der Waals surface area (Å²) in [5.41, 5.74) is 1.74. The molecule has 0 radical (unpaired) electrons. The van der Waals surface area contributed by atoms with Crippen molar-refractivity contribution in [1.29, 1.82) is 0 Å². The van der Waals surface area contributed by atoms with Crippen LogP contribution in [0.4, 0.5) is 28.2 Å². The first kappa shape index (κ1) is 27.4. The van der Waals surface area contributed by atoms with Crippen LogP contribution in [0.5, 0.6) is 5.88 Å². The maximum atomic E-state index is 13.9. The van der Waals surface area contributed by atoms with Crippen molar-refractivity contribution < 1.29 is 31.8 Å². The van der Waals surface area contributed by atoms with Gasteiger partial charge >= 0.3 is 12.2 Å². The second kappa shape index (κ2) is 11.8. The summed E-state index contributed by atoms with van der Waals surface area (Å²) in [7, 11) is 1.55. The van der Waals surface area contributed by atoms with Gasteiger partial charge in [0.15, 0.2) is 0 Å². The molecule has 8 nitrogen and oxygen atoms in total. The Morgan fingerprint density at radius 1 is 1.11 bits per heavy atom. The van der Waals surface area contributed by atoms with Crippen LogP contribution in [-0.2, 0) is 4.74 Å². The fourth-order valence-corrected chi connectivity index (χ4v) is 4.54. The minimum absolute atomic E-state index is 0.0202. The van der Waals surface area contributed by atoms with Gasteiger partial charge < -0.3 is 14.8 Å². The molecule has 1 aliphatic heterocycles. The molecule has 0 saturated carbocycles. The van der Waals surface area contributed by atoms with E-state index < -0.39 is 36.5 Å². The number of halogens is 4. The summed E-state index contributed by atoms with van der Waals surface area (Å²) in [5.74, 6) is -0.389. The van der Waals surface area contributed by atoms with Crippen molar-refractivity contribution in [2.45, 2.75) is 25.1 Å². The molecule has 1 unspecified atom stereocenters. The second-order valence-electron chi connectivity index (χ2n) is 9.04. The van der Waals surface area contributed by atoms with E-state index in [1.807, 2.05) is 18.2 Å². The number of carbonyl (C=O) groups excluding carboxylic acids is 1. The number of hydrogen-bond donors (Lipinski definition) is 2. The van der Waals surface area contributed by atoms with Gasteiger partial charge in [0.1, 0.15) is 18.2 Å². The van der Waals surface area contributed by atoms with Crippen LogP contribution in [0.25, 0.3) is 5.69 Å². The van der Waals surface area contributed by atoms with Crippen LogP contribution in [0, 0.1) is 12.7 Å². The first-order valence-corrected chi connectivity index (χ1v) is 12.0. The van der Waals surface area contributed by atoms with E-state index in [0.717, 1.165) is 0 Å². The Morgan fingerprint density at radius 3 is 2.55 bits per heavy atom. The number of carbonyl (C=O) groups is 1. The number of rotatable bonds is 9. The number of amides is 2. The van der Waals surface area contributed by atoms with Crippen LogP contribution in [-0.4, -0.2) is 72.9 Å². The fourth-order valence-electron chi connectivity index (χ4n) is 4.54. The van der Waals surface area contributed by atoms with Crippen molar-refractivity contribution in [2.24, 2.45) is 0 Å². The molecule has 1 fully saturated rings. The number of aromatic nitrogens is 2. The summed E-state index contributed by atoms with van der Waals surface area (Å²) in [5, 5.41) is 10.1. The Hall–Kier alpha value is -3.64. The van der Waals surface area contributed by atoms with E-state index in [-0.39, 0.29) is 19.7 Å². The Morgan fingerprint density at radius 2 is 1.87 bits per heavy atom. The van der Waals surface area contributed by atoms with Crippen LogP contribution in [0.3, 0.4) is 0 Å². The maximum Gasteiger partial charge on any atom is 0.401 e. The first-order valence-electron chi connectivity index (χ1n) is 12.0. The third-order valence-corrected chi connectivity index (χ3v) is 6.23. The molecule has 2 atom stereocenters. The normalized spacial score (nSPS) is 17.9. The summed E-state index contributed by atoms with van der Waals surface area (Å²) in [4.78, 5) is 14.4. The minimum Gasteiger partial charge on any atom is -0.474 e. The van der Waals surface area contributed by atoms with Crippen LogP contribution < -0.4 is 15.4 Å². The molecular weight excluding hydrogens is 506 g/mol. The molecular formula is C26H29F4N5O3. The Balaban J connectivity index is 1.56. The van der Waals surface area contributed by atoms with Gasteiger partial charge in [0.05, 0.1) is 30.4 Å². The second-order valence-corrected chi connectivity index (χ2v) is 9.04. The van der Waals surface area contributed by atoms with Crippen molar-refractivity contribution in [3.63, 3.8) is 0 Å². The third kappa shape index (κ3) is 6.81. The van der Waals surface area contributed by atoms with E-state index in [4.69, 9.17) is 9.47 Å². The molecule has 38 heavy (non-hydrogen) atoms. The molecule has 1 saturated heterocycles. The molecule has 2 heterocycles. The van der Waals surface area contributed by atoms with Gasteiger partial charge in [-0.25, -0.2) is 13.9 Å². The Labute approximate surface area is 217 Å². The molecule has 0 bridgehead atoms. The number of benzene rings is 2. The van der Waals surface area contributed by atoms with Gasteiger partial charge in [-0.05, 0) is 36.8 Å². The van der Waals surface area contributed by atoms with Crippen molar-refractivity contribution in [1.82, 2.24) is 20.0 Å². The predicted octanol–water partition coefficient (Wildman–Crippen LogP) is 4.50. The first-order chi connectivity index (χ1) is 18.1. The summed E-state index contributed by atoms with van der Waals surface area (Å²) >= 11 is 0. The monoisotopic (exact) mass is 535 g/mol. The summed E-state index contributed by atoms with van der Waals surface area (Å²) in [6.07, 6.45) is -4.40. The topological polar surface area (TPSA) is 80.6 Å². The van der Waals surface area contributed by atoms with Crippen molar-refractivity contribution in [3.05, 3.63) is 71.5 Å². The number of alkyl halides is 3. The lowest BCUT2D eigenvalue weighted by atomic mass is 9.94. The van der Waals surface area contributed by atoms with Crippen molar-refractivity contribution in [3.8, 4) is 11.6 Å². The molecule has 2 N–H and O–H groups in total. The van der Waals surface area contributed by atoms with E-state index in [1.54, 1.807) is 32.2 Å². The molecule has 1 aromatic heterocycles. The van der Waals surface area contributed by atoms with Crippen molar-refractivity contribution >= 4 is 11.8 Å². The zero-order valence-electron chi connectivity index (χ0n) is 21.0. The molecule has 2 aromatic carbocycles. The highest BCUT2D eigenvalue weighted by Gasteiger charge is 2.40. The smallest absolute Gasteiger partial charge is 0.401 e. The summed E-state index contributed by atoms with van der Waals surface area (Å²) in [6, 6.07) is 13.5. The van der Waals surface area contributed by atoms with E-state index in [9.17, 15) is 22.4 Å². The highest BCUT2D eigenvalue weighted by molar-refractivity contribution is 5.90. The van der Waals surface area contributed by atoms with Gasteiger partial charge in [-0.3, -0.25) is 10.2 Å². The van der Waals surface area contributed by atoms with Crippen molar-refractivity contribution in [2.75, 3.05) is 45.3 Å². The quantitative estimate of drug-likeness (QED) is 0.312. The lowest BCUT2D eigenvalue weighted by molar-refractivity contribution is -0.143. The third-order valence-electron chi connectivity index (χ3n) is 6.23. The largest absolute Gasteiger partial charge is 0.474 e. The van der Waals surface area contributed by atoms with Crippen LogP contribution in [0.1, 0.15) is 17.0 Å². The van der Waals surface area contributed by atoms with Gasteiger partial charge in [-0.1, -0.05) is 30.3 Å². The van der Waals surface area contributed by atoms with Crippen LogP contribution in [0.2, 0.25) is 0 Å². The molecule has 12 heteroatoms. The molecule has 2 amide bonds. The Bertz CT molecular complexity index is 1240. The Kier molecular flexibility index (Phi) is 8.52. The molecule has 4 rings (SSSR count). The van der Waals surface area contributed by atoms with E-state index in [1.165, 1.54) is 27.8 Å². The summed E-state index contributed by atoms with van der Waals surface area (Å²) in [6.45, 7) is 1.18. The highest BCUT2D eigenvalue weighted by Crippen LogP contribution is 2.32.